The van der Waals surface area contributed by atoms with Gasteiger partial charge in [0.2, 0.25) is 11.8 Å². The molecule has 0 radical (unpaired) electrons. The molecule has 1 atom stereocenters. The van der Waals surface area contributed by atoms with E-state index < -0.39 is 17.2 Å². The zero-order chi connectivity index (χ0) is 28.2. The van der Waals surface area contributed by atoms with E-state index in [9.17, 15) is 19.5 Å². The number of nitrogens with one attached hydrogen (secondary N) is 1. The predicted molar refractivity (Wildman–Crippen MR) is 155 cm³/mol. The van der Waals surface area contributed by atoms with Crippen molar-refractivity contribution in [1.82, 2.24) is 15.1 Å². The number of nitrogens with zero attached hydrogens (tertiary/aromatic N) is 2. The Labute approximate surface area is 237 Å². The molecule has 0 unspecified atom stereocenters. The number of benzene rings is 2. The summed E-state index contributed by atoms with van der Waals surface area (Å²) in [7, 11) is 0. The van der Waals surface area contributed by atoms with Crippen LogP contribution in [0.4, 0.5) is 0 Å². The first-order valence-electron chi connectivity index (χ1n) is 15.1. The van der Waals surface area contributed by atoms with Gasteiger partial charge < -0.3 is 15.3 Å². The van der Waals surface area contributed by atoms with Crippen LogP contribution in [-0.4, -0.2) is 69.3 Å². The van der Waals surface area contributed by atoms with E-state index in [-0.39, 0.29) is 17.6 Å². The van der Waals surface area contributed by atoms with Gasteiger partial charge in [0.15, 0.2) is 5.78 Å². The van der Waals surface area contributed by atoms with Crippen molar-refractivity contribution in [1.29, 1.82) is 0 Å². The molecule has 7 nitrogen and oxygen atoms in total. The van der Waals surface area contributed by atoms with E-state index >= 15 is 0 Å². The molecule has 214 valence electrons. The number of ketones is 1. The third kappa shape index (κ3) is 6.01. The Balaban J connectivity index is 1.23. The Morgan fingerprint density at radius 3 is 2.23 bits per heavy atom. The molecule has 2 aromatic carbocycles. The number of likely N-dealkylation sites (tertiary alicyclic amines) is 1. The van der Waals surface area contributed by atoms with Crippen LogP contribution < -0.4 is 5.32 Å². The number of hydrogen-bond donors (Lipinski definition) is 2. The summed E-state index contributed by atoms with van der Waals surface area (Å²) in [5, 5.41) is 14.2. The van der Waals surface area contributed by atoms with Gasteiger partial charge in [-0.3, -0.25) is 19.3 Å². The van der Waals surface area contributed by atoms with Gasteiger partial charge in [-0.1, -0.05) is 87.2 Å². The summed E-state index contributed by atoms with van der Waals surface area (Å²) in [6.07, 6.45) is 7.75. The molecule has 0 bridgehead atoms. The molecule has 1 saturated carbocycles. The highest BCUT2D eigenvalue weighted by molar-refractivity contribution is 6.08. The van der Waals surface area contributed by atoms with Crippen molar-refractivity contribution in [2.75, 3.05) is 19.6 Å². The van der Waals surface area contributed by atoms with E-state index in [1.54, 1.807) is 0 Å². The van der Waals surface area contributed by atoms with E-state index in [1.165, 1.54) is 0 Å². The van der Waals surface area contributed by atoms with Crippen molar-refractivity contribution in [3.63, 3.8) is 0 Å². The normalized spacial score (nSPS) is 22.8. The minimum Gasteiger partial charge on any atom is -0.390 e. The van der Waals surface area contributed by atoms with Gasteiger partial charge in [-0.2, -0.15) is 0 Å². The van der Waals surface area contributed by atoms with Crippen molar-refractivity contribution in [3.8, 4) is 0 Å². The summed E-state index contributed by atoms with van der Waals surface area (Å²) >= 11 is 0. The number of aliphatic hydroxyl groups is 1. The molecule has 2 aromatic rings. The molecule has 5 rings (SSSR count). The van der Waals surface area contributed by atoms with Gasteiger partial charge in [-0.15, -0.1) is 0 Å². The van der Waals surface area contributed by atoms with Gasteiger partial charge >= 0.3 is 0 Å². The van der Waals surface area contributed by atoms with Crippen LogP contribution in [0.2, 0.25) is 0 Å². The Morgan fingerprint density at radius 2 is 1.57 bits per heavy atom. The molecule has 2 amide bonds. The predicted octanol–water partition coefficient (Wildman–Crippen LogP) is 4.46. The number of rotatable bonds is 9. The highest BCUT2D eigenvalue weighted by atomic mass is 16.3. The maximum atomic E-state index is 13.8. The van der Waals surface area contributed by atoms with E-state index in [0.29, 0.717) is 62.9 Å². The van der Waals surface area contributed by atoms with Crippen LogP contribution in [0, 0.1) is 0 Å². The number of carbonyl (C=O) groups is 3. The fraction of sp³-hybridized carbons (Fsp3) is 0.545. The van der Waals surface area contributed by atoms with Crippen LogP contribution in [0.1, 0.15) is 92.6 Å². The molecular weight excluding hydrogens is 502 g/mol. The number of piperidine rings is 1. The zero-order valence-electron chi connectivity index (χ0n) is 23.7. The number of piperazine rings is 1. The fourth-order valence-corrected chi connectivity index (χ4v) is 6.80. The summed E-state index contributed by atoms with van der Waals surface area (Å²) in [5.74, 6) is -0.0728. The molecule has 7 heteroatoms. The van der Waals surface area contributed by atoms with E-state index in [2.05, 4.69) is 17.1 Å². The lowest BCUT2D eigenvalue weighted by molar-refractivity contribution is -0.163. The Hall–Kier alpha value is -3.03. The smallest absolute Gasteiger partial charge is 0.246 e. The van der Waals surface area contributed by atoms with Crippen molar-refractivity contribution >= 4 is 17.6 Å². The van der Waals surface area contributed by atoms with Crippen LogP contribution in [0.15, 0.2) is 54.6 Å². The molecular formula is C33H43N3O4. The first-order valence-corrected chi connectivity index (χ1v) is 15.1. The second-order valence-electron chi connectivity index (χ2n) is 12.1. The lowest BCUT2D eigenvalue weighted by Gasteiger charge is -2.52. The average molecular weight is 546 g/mol. The lowest BCUT2D eigenvalue weighted by Crippen LogP contribution is -2.73. The Morgan fingerprint density at radius 1 is 0.925 bits per heavy atom. The molecule has 2 heterocycles. The largest absolute Gasteiger partial charge is 0.390 e. The highest BCUT2D eigenvalue weighted by Crippen LogP contribution is 2.37. The first-order chi connectivity index (χ1) is 19.3. The third-order valence-corrected chi connectivity index (χ3v) is 9.25. The second kappa shape index (κ2) is 12.2. The summed E-state index contributed by atoms with van der Waals surface area (Å²) in [6.45, 7) is 4.83. The quantitative estimate of drug-likeness (QED) is 0.454. The SMILES string of the molecule is CCCCN1C(=O)[C@@H](CC2(O)CCCCC2)NC(=O)C12CCN(Cc1ccc(C(=O)c3ccccc3)cc1)CC2. The zero-order valence-corrected chi connectivity index (χ0v) is 23.7. The number of carbonyl (C=O) groups excluding carboxylic acids is 3. The Bertz CT molecular complexity index is 1180. The van der Waals surface area contributed by atoms with Crippen molar-refractivity contribution in [3.05, 3.63) is 71.3 Å². The minimum atomic E-state index is -0.864. The van der Waals surface area contributed by atoms with E-state index in [4.69, 9.17) is 0 Å². The van der Waals surface area contributed by atoms with Crippen LogP contribution >= 0.6 is 0 Å². The van der Waals surface area contributed by atoms with Gasteiger partial charge in [0.25, 0.3) is 0 Å². The average Bonchev–Trinajstić information content (AvgIpc) is 2.98. The molecule has 2 saturated heterocycles. The number of hydrogen-bond acceptors (Lipinski definition) is 5. The van der Waals surface area contributed by atoms with Crippen molar-refractivity contribution in [2.24, 2.45) is 0 Å². The molecule has 2 aliphatic heterocycles. The van der Waals surface area contributed by atoms with Gasteiger partial charge in [-0.25, -0.2) is 0 Å². The maximum absolute atomic E-state index is 13.8. The highest BCUT2D eigenvalue weighted by Gasteiger charge is 2.54. The lowest BCUT2D eigenvalue weighted by atomic mass is 9.77. The van der Waals surface area contributed by atoms with Gasteiger partial charge in [-0.05, 0) is 37.7 Å². The summed E-state index contributed by atoms with van der Waals surface area (Å²) in [5.41, 5.74) is 0.787. The van der Waals surface area contributed by atoms with Gasteiger partial charge in [0.05, 0.1) is 5.60 Å². The van der Waals surface area contributed by atoms with Crippen molar-refractivity contribution < 1.29 is 19.5 Å². The van der Waals surface area contributed by atoms with Crippen molar-refractivity contribution in [2.45, 2.75) is 94.9 Å². The molecule has 1 spiro atoms. The van der Waals surface area contributed by atoms with Crippen LogP contribution in [0.5, 0.6) is 0 Å². The topological polar surface area (TPSA) is 90.0 Å². The first kappa shape index (κ1) is 28.5. The maximum Gasteiger partial charge on any atom is 0.246 e. The summed E-state index contributed by atoms with van der Waals surface area (Å²) in [6, 6.07) is 16.4. The number of unbranched alkanes of at least 4 members (excludes halogenated alkanes) is 1. The molecule has 1 aliphatic carbocycles. The monoisotopic (exact) mass is 545 g/mol. The minimum absolute atomic E-state index is 0.0149. The van der Waals surface area contributed by atoms with Gasteiger partial charge in [0, 0.05) is 43.7 Å². The van der Waals surface area contributed by atoms with E-state index in [0.717, 1.165) is 44.2 Å². The van der Waals surface area contributed by atoms with E-state index in [1.807, 2.05) is 59.5 Å². The number of amides is 2. The molecule has 40 heavy (non-hydrogen) atoms. The van der Waals surface area contributed by atoms with Crippen LogP contribution in [-0.2, 0) is 16.1 Å². The molecule has 3 fully saturated rings. The standard InChI is InChI=1S/C33H43N3O4/c1-2-3-20-36-30(38)28(23-32(40)16-8-5-9-17-32)34-31(39)33(36)18-21-35(22-19-33)24-25-12-14-27(15-13-25)29(37)26-10-6-4-7-11-26/h4,6-7,10-15,28,40H,2-3,5,8-9,16-24H2,1H3,(H,34,39)/t28-/m1/s1. The molecule has 3 aliphatic rings. The molecule has 2 N–H and O–H groups in total. The summed E-state index contributed by atoms with van der Waals surface area (Å²) in [4.78, 5) is 44.4. The second-order valence-corrected chi connectivity index (χ2v) is 12.1. The summed E-state index contributed by atoms with van der Waals surface area (Å²) < 4.78 is 0. The molecule has 0 aromatic heterocycles. The van der Waals surface area contributed by atoms with Crippen LogP contribution in [0.3, 0.4) is 0 Å². The van der Waals surface area contributed by atoms with Gasteiger partial charge in [0.1, 0.15) is 11.6 Å². The Kier molecular flexibility index (Phi) is 8.71. The van der Waals surface area contributed by atoms with Crippen LogP contribution in [0.25, 0.3) is 0 Å². The third-order valence-electron chi connectivity index (χ3n) is 9.25. The fourth-order valence-electron chi connectivity index (χ4n) is 6.80.